The van der Waals surface area contributed by atoms with E-state index in [4.69, 9.17) is 0 Å². The van der Waals surface area contributed by atoms with Gasteiger partial charge in [-0.2, -0.15) is 15.0 Å². The van der Waals surface area contributed by atoms with E-state index in [-0.39, 0.29) is 17.9 Å². The highest BCUT2D eigenvalue weighted by Crippen LogP contribution is 2.36. The zero-order valence-electron chi connectivity index (χ0n) is 16.8. The lowest BCUT2D eigenvalue weighted by Gasteiger charge is -2.37. The number of amides is 1. The van der Waals surface area contributed by atoms with Gasteiger partial charge < -0.3 is 10.0 Å². The van der Waals surface area contributed by atoms with Gasteiger partial charge in [0, 0.05) is 24.7 Å². The van der Waals surface area contributed by atoms with Gasteiger partial charge in [0.15, 0.2) is 0 Å². The van der Waals surface area contributed by atoms with Gasteiger partial charge in [-0.25, -0.2) is 4.98 Å². The average molecular weight is 412 g/mol. The molecule has 0 aliphatic carbocycles. The number of carbonyl (C=O) groups excluding carboxylic acids is 1. The van der Waals surface area contributed by atoms with E-state index in [1.165, 1.54) is 16.1 Å². The minimum atomic E-state index is -0.900. The number of nitrogens with zero attached hydrogens (tertiary/aromatic N) is 5. The summed E-state index contributed by atoms with van der Waals surface area (Å²) < 4.78 is 0. The normalized spacial score (nSPS) is 20.1. The Kier molecular flexibility index (Phi) is 5.23. The van der Waals surface area contributed by atoms with E-state index in [0.29, 0.717) is 17.8 Å². The molecule has 0 spiro atoms. The number of carbonyl (C=O) groups is 1. The highest BCUT2D eigenvalue weighted by atomic mass is 32.1. The molecule has 1 amide bonds. The molecule has 1 aliphatic heterocycles. The van der Waals surface area contributed by atoms with Crippen LogP contribution in [0.4, 0.5) is 0 Å². The summed E-state index contributed by atoms with van der Waals surface area (Å²) in [6.45, 7) is 6.24. The Balaban J connectivity index is 1.60. The average Bonchev–Trinajstić information content (AvgIpc) is 3.40. The predicted molar refractivity (Wildman–Crippen MR) is 111 cm³/mol. The minimum Gasteiger partial charge on any atom is -0.385 e. The maximum Gasteiger partial charge on any atom is 0.256 e. The molecule has 3 aromatic rings. The lowest BCUT2D eigenvalue weighted by molar-refractivity contribution is 0.0609. The molecular weight excluding hydrogens is 386 g/mol. The van der Waals surface area contributed by atoms with Crippen LogP contribution in [-0.4, -0.2) is 48.5 Å². The third-order valence-electron chi connectivity index (χ3n) is 5.39. The molecule has 8 heteroatoms. The fourth-order valence-electron chi connectivity index (χ4n) is 3.67. The number of aliphatic hydroxyl groups is 1. The van der Waals surface area contributed by atoms with Crippen molar-refractivity contribution in [1.82, 2.24) is 24.9 Å². The number of hydrogen-bond acceptors (Lipinski definition) is 6. The molecule has 0 bridgehead atoms. The van der Waals surface area contributed by atoms with Gasteiger partial charge in [-0.05, 0) is 45.7 Å². The summed E-state index contributed by atoms with van der Waals surface area (Å²) in [7, 11) is 0. The van der Waals surface area contributed by atoms with Crippen molar-refractivity contribution in [3.05, 3.63) is 58.3 Å². The molecule has 152 valence electrons. The third kappa shape index (κ3) is 3.95. The Morgan fingerprint density at radius 3 is 2.62 bits per heavy atom. The topological polar surface area (TPSA) is 84.1 Å². The zero-order chi connectivity index (χ0) is 20.6. The number of likely N-dealkylation sites (tertiary alicyclic amines) is 1. The van der Waals surface area contributed by atoms with E-state index in [2.05, 4.69) is 22.1 Å². The summed E-state index contributed by atoms with van der Waals surface area (Å²) in [6, 6.07) is 7.57. The quantitative estimate of drug-likeness (QED) is 0.712. The SMILES string of the molecule is C[C@H]1CC[C@H](c2ncc(C(C)(C)O)s2)CN1C(=O)c1ccccc1-n1nccn1. The Morgan fingerprint density at radius 1 is 1.21 bits per heavy atom. The molecule has 1 N–H and O–H groups in total. The van der Waals surface area contributed by atoms with E-state index in [1.807, 2.05) is 29.2 Å². The lowest BCUT2D eigenvalue weighted by atomic mass is 9.93. The highest BCUT2D eigenvalue weighted by molar-refractivity contribution is 7.11. The van der Waals surface area contributed by atoms with E-state index < -0.39 is 5.60 Å². The van der Waals surface area contributed by atoms with Crippen molar-refractivity contribution >= 4 is 17.2 Å². The second-order valence-corrected chi connectivity index (χ2v) is 9.10. The summed E-state index contributed by atoms with van der Waals surface area (Å²) in [4.78, 5) is 22.3. The van der Waals surface area contributed by atoms with Crippen molar-refractivity contribution in [3.63, 3.8) is 0 Å². The summed E-state index contributed by atoms with van der Waals surface area (Å²) in [5.74, 6) is 0.153. The maximum atomic E-state index is 13.5. The molecule has 1 aliphatic rings. The smallest absolute Gasteiger partial charge is 0.256 e. The first-order valence-electron chi connectivity index (χ1n) is 9.80. The molecule has 3 heterocycles. The van der Waals surface area contributed by atoms with Crippen molar-refractivity contribution in [2.24, 2.45) is 0 Å². The van der Waals surface area contributed by atoms with Gasteiger partial charge in [0.05, 0.1) is 39.1 Å². The van der Waals surface area contributed by atoms with Crippen LogP contribution >= 0.6 is 11.3 Å². The number of benzene rings is 1. The molecule has 0 saturated carbocycles. The van der Waals surface area contributed by atoms with E-state index >= 15 is 0 Å². The Hall–Kier alpha value is -2.58. The molecular formula is C21H25N5O2S. The fraction of sp³-hybridized carbons (Fsp3) is 0.429. The highest BCUT2D eigenvalue weighted by Gasteiger charge is 2.33. The minimum absolute atomic E-state index is 0.0191. The van der Waals surface area contributed by atoms with Crippen LogP contribution < -0.4 is 0 Å². The molecule has 29 heavy (non-hydrogen) atoms. The Bertz CT molecular complexity index is 993. The predicted octanol–water partition coefficient (Wildman–Crippen LogP) is 3.36. The first-order chi connectivity index (χ1) is 13.8. The Labute approximate surface area is 174 Å². The summed E-state index contributed by atoms with van der Waals surface area (Å²) >= 11 is 1.54. The second kappa shape index (κ2) is 7.68. The van der Waals surface area contributed by atoms with Gasteiger partial charge in [0.1, 0.15) is 0 Å². The summed E-state index contributed by atoms with van der Waals surface area (Å²) in [5, 5.41) is 19.6. The van der Waals surface area contributed by atoms with E-state index in [1.54, 1.807) is 32.4 Å². The molecule has 0 radical (unpaired) electrons. The van der Waals surface area contributed by atoms with Crippen LogP contribution in [0.2, 0.25) is 0 Å². The number of para-hydroxylation sites is 1. The molecule has 2 aromatic heterocycles. The van der Waals surface area contributed by atoms with E-state index in [0.717, 1.165) is 22.7 Å². The first-order valence-corrected chi connectivity index (χ1v) is 10.6. The molecule has 1 saturated heterocycles. The number of hydrogen-bond donors (Lipinski definition) is 1. The monoisotopic (exact) mass is 411 g/mol. The molecule has 0 unspecified atom stereocenters. The Morgan fingerprint density at radius 2 is 1.93 bits per heavy atom. The van der Waals surface area contributed by atoms with Crippen LogP contribution in [0.3, 0.4) is 0 Å². The molecule has 2 atom stereocenters. The van der Waals surface area contributed by atoms with Gasteiger partial charge in [-0.3, -0.25) is 4.79 Å². The number of piperidine rings is 1. The summed E-state index contributed by atoms with van der Waals surface area (Å²) in [6.07, 6.45) is 6.85. The van der Waals surface area contributed by atoms with Gasteiger partial charge in [-0.1, -0.05) is 12.1 Å². The van der Waals surface area contributed by atoms with Crippen LogP contribution in [0, 0.1) is 0 Å². The number of rotatable bonds is 4. The lowest BCUT2D eigenvalue weighted by Crippen LogP contribution is -2.45. The molecule has 4 rings (SSSR count). The van der Waals surface area contributed by atoms with Crippen molar-refractivity contribution in [1.29, 1.82) is 0 Å². The van der Waals surface area contributed by atoms with Crippen LogP contribution in [0.1, 0.15) is 59.8 Å². The first kappa shape index (κ1) is 19.7. The number of thiazole rings is 1. The molecule has 1 aromatic carbocycles. The second-order valence-electron chi connectivity index (χ2n) is 8.04. The summed E-state index contributed by atoms with van der Waals surface area (Å²) in [5.41, 5.74) is 0.367. The van der Waals surface area contributed by atoms with Gasteiger partial charge >= 0.3 is 0 Å². The third-order valence-corrected chi connectivity index (χ3v) is 6.86. The van der Waals surface area contributed by atoms with Crippen molar-refractivity contribution in [2.75, 3.05) is 6.54 Å². The van der Waals surface area contributed by atoms with Gasteiger partial charge in [0.2, 0.25) is 0 Å². The fourth-order valence-corrected chi connectivity index (χ4v) is 4.72. The van der Waals surface area contributed by atoms with Crippen LogP contribution in [0.5, 0.6) is 0 Å². The van der Waals surface area contributed by atoms with Crippen LogP contribution in [-0.2, 0) is 5.60 Å². The van der Waals surface area contributed by atoms with Crippen LogP contribution in [0.15, 0.2) is 42.9 Å². The van der Waals surface area contributed by atoms with Crippen molar-refractivity contribution in [3.8, 4) is 5.69 Å². The largest absolute Gasteiger partial charge is 0.385 e. The molecule has 1 fully saturated rings. The van der Waals surface area contributed by atoms with E-state index in [9.17, 15) is 9.90 Å². The van der Waals surface area contributed by atoms with Crippen molar-refractivity contribution < 1.29 is 9.90 Å². The molecule has 7 nitrogen and oxygen atoms in total. The van der Waals surface area contributed by atoms with Crippen molar-refractivity contribution in [2.45, 2.75) is 51.2 Å². The maximum absolute atomic E-state index is 13.5. The van der Waals surface area contributed by atoms with Crippen LogP contribution in [0.25, 0.3) is 5.69 Å². The standard InChI is InChI=1S/C21H25N5O2S/c1-14-8-9-15(19-22-12-18(29-19)21(2,3)28)13-25(14)20(27)16-6-4-5-7-17(16)26-23-10-11-24-26/h4-7,10-12,14-15,28H,8-9,13H2,1-3H3/t14-,15-/m0/s1. The zero-order valence-corrected chi connectivity index (χ0v) is 17.6. The van der Waals surface area contributed by atoms with Gasteiger partial charge in [0.25, 0.3) is 5.91 Å². The van der Waals surface area contributed by atoms with Gasteiger partial charge in [-0.15, -0.1) is 11.3 Å². The number of aromatic nitrogens is 4.